The van der Waals surface area contributed by atoms with E-state index in [1.807, 2.05) is 19.1 Å². The topological polar surface area (TPSA) is 71.5 Å². The fraction of sp³-hybridized carbons (Fsp3) is 0.737. The molecule has 1 N–H and O–H groups in total. The smallest absolute Gasteiger partial charge is 0.211 e. The molecule has 3 saturated heterocycles. The lowest BCUT2D eigenvalue weighted by Crippen LogP contribution is -2.42. The Balaban J connectivity index is 1.30. The van der Waals surface area contributed by atoms with Gasteiger partial charge in [-0.25, -0.2) is 18.1 Å². The number of nitrogens with one attached hydrogen (secondary N) is 1. The van der Waals surface area contributed by atoms with Crippen LogP contribution in [0.5, 0.6) is 0 Å². The van der Waals surface area contributed by atoms with Crippen molar-refractivity contribution in [2.45, 2.75) is 44.3 Å². The molecule has 2 bridgehead atoms. The molecule has 1 saturated carbocycles. The van der Waals surface area contributed by atoms with Gasteiger partial charge in [0, 0.05) is 37.2 Å². The van der Waals surface area contributed by atoms with Crippen LogP contribution in [0.4, 0.5) is 5.82 Å². The zero-order valence-corrected chi connectivity index (χ0v) is 16.0. The first kappa shape index (κ1) is 17.0. The van der Waals surface area contributed by atoms with E-state index in [0.29, 0.717) is 24.1 Å². The maximum absolute atomic E-state index is 12.3. The van der Waals surface area contributed by atoms with Gasteiger partial charge < -0.3 is 9.64 Å². The van der Waals surface area contributed by atoms with Gasteiger partial charge in [-0.05, 0) is 50.7 Å². The minimum Gasteiger partial charge on any atom is -0.369 e. The lowest BCUT2D eigenvalue weighted by molar-refractivity contribution is 0.0142. The minimum atomic E-state index is -3.16. The number of aromatic nitrogens is 1. The van der Waals surface area contributed by atoms with Gasteiger partial charge in [-0.3, -0.25) is 0 Å². The Labute approximate surface area is 155 Å². The average Bonchev–Trinajstić information content (AvgIpc) is 3.06. The molecule has 0 radical (unpaired) electrons. The number of anilines is 1. The number of nitrogens with zero attached hydrogens (tertiary/aromatic N) is 2. The Morgan fingerprint density at radius 1 is 1.35 bits per heavy atom. The predicted octanol–water partition coefficient (Wildman–Crippen LogP) is 1.70. The second-order valence-electron chi connectivity index (χ2n) is 8.62. The Hall–Kier alpha value is -1.18. The van der Waals surface area contributed by atoms with Crippen LogP contribution in [0.2, 0.25) is 0 Å². The molecule has 1 aromatic rings. The summed E-state index contributed by atoms with van der Waals surface area (Å²) in [6.45, 7) is 4.30. The van der Waals surface area contributed by atoms with Crippen LogP contribution < -0.4 is 9.62 Å². The van der Waals surface area contributed by atoms with E-state index in [1.165, 1.54) is 0 Å². The van der Waals surface area contributed by atoms with Gasteiger partial charge in [0.05, 0.1) is 17.5 Å². The number of rotatable bonds is 6. The van der Waals surface area contributed by atoms with E-state index in [1.54, 1.807) is 0 Å². The summed E-state index contributed by atoms with van der Waals surface area (Å²) in [7, 11) is -3.16. The largest absolute Gasteiger partial charge is 0.369 e. The maximum atomic E-state index is 12.3. The second-order valence-corrected chi connectivity index (χ2v) is 10.5. The quantitative estimate of drug-likeness (QED) is 0.817. The van der Waals surface area contributed by atoms with Gasteiger partial charge in [-0.1, -0.05) is 6.07 Å². The standard InChI is InChI=1S/C19H27N3O3S/c1-13-3-2-4-18(21-13)22-10-16-15(17-7-8-19(16,12-22)25-17)9-20-26(23,24)11-14-5-6-14/h2-4,14-17,20H,5-12H2,1H3/t15-,16+,17+,19+/m0/s1. The highest BCUT2D eigenvalue weighted by Crippen LogP contribution is 2.55. The third-order valence-corrected chi connectivity index (χ3v) is 8.19. The number of fused-ring (bicyclic) bond motifs is 1. The molecule has 26 heavy (non-hydrogen) atoms. The molecule has 142 valence electrons. The molecule has 6 nitrogen and oxygen atoms in total. The summed E-state index contributed by atoms with van der Waals surface area (Å²) >= 11 is 0. The van der Waals surface area contributed by atoms with Gasteiger partial charge in [-0.2, -0.15) is 0 Å². The Kier molecular flexibility index (Phi) is 3.85. The van der Waals surface area contributed by atoms with Crippen molar-refractivity contribution in [2.24, 2.45) is 17.8 Å². The number of aryl methyl sites for hydroxylation is 1. The van der Waals surface area contributed by atoms with Crippen LogP contribution in [-0.4, -0.2) is 50.5 Å². The average molecular weight is 378 g/mol. The van der Waals surface area contributed by atoms with Crippen molar-refractivity contribution in [1.29, 1.82) is 0 Å². The first-order valence-electron chi connectivity index (χ1n) is 9.78. The lowest BCUT2D eigenvalue weighted by atomic mass is 9.74. The molecule has 1 aliphatic carbocycles. The van der Waals surface area contributed by atoms with E-state index < -0.39 is 10.0 Å². The second kappa shape index (κ2) is 5.91. The maximum Gasteiger partial charge on any atom is 0.211 e. The molecule has 3 aliphatic heterocycles. The molecule has 0 amide bonds. The molecular weight excluding hydrogens is 350 g/mol. The normalized spacial score (nSPS) is 35.9. The summed E-state index contributed by atoms with van der Waals surface area (Å²) in [6, 6.07) is 6.12. The third kappa shape index (κ3) is 2.94. The summed E-state index contributed by atoms with van der Waals surface area (Å²) in [5.41, 5.74) is 0.912. The van der Waals surface area contributed by atoms with Crippen molar-refractivity contribution in [3.05, 3.63) is 23.9 Å². The van der Waals surface area contributed by atoms with E-state index in [2.05, 4.69) is 20.7 Å². The molecule has 7 heteroatoms. The highest BCUT2D eigenvalue weighted by Gasteiger charge is 2.63. The molecular formula is C19H27N3O3S. The fourth-order valence-electron chi connectivity index (χ4n) is 5.22. The third-order valence-electron chi connectivity index (χ3n) is 6.67. The van der Waals surface area contributed by atoms with E-state index in [9.17, 15) is 8.42 Å². The van der Waals surface area contributed by atoms with Crippen LogP contribution >= 0.6 is 0 Å². The van der Waals surface area contributed by atoms with Gasteiger partial charge in [0.1, 0.15) is 5.82 Å². The van der Waals surface area contributed by atoms with E-state index in [4.69, 9.17) is 4.74 Å². The van der Waals surface area contributed by atoms with Crippen LogP contribution in [0.3, 0.4) is 0 Å². The number of hydrogen-bond acceptors (Lipinski definition) is 5. The van der Waals surface area contributed by atoms with E-state index in [0.717, 1.165) is 50.3 Å². The molecule has 1 spiro atoms. The van der Waals surface area contributed by atoms with E-state index >= 15 is 0 Å². The zero-order valence-electron chi connectivity index (χ0n) is 15.2. The van der Waals surface area contributed by atoms with Crippen molar-refractivity contribution in [3.63, 3.8) is 0 Å². The Morgan fingerprint density at radius 3 is 2.96 bits per heavy atom. The van der Waals surface area contributed by atoms with Gasteiger partial charge in [0.25, 0.3) is 0 Å². The summed E-state index contributed by atoms with van der Waals surface area (Å²) in [5, 5.41) is 0. The summed E-state index contributed by atoms with van der Waals surface area (Å²) in [6.07, 6.45) is 4.44. The number of hydrogen-bond donors (Lipinski definition) is 1. The minimum absolute atomic E-state index is 0.108. The van der Waals surface area contributed by atoms with Gasteiger partial charge in [-0.15, -0.1) is 0 Å². The first-order chi connectivity index (χ1) is 12.4. The van der Waals surface area contributed by atoms with Gasteiger partial charge >= 0.3 is 0 Å². The molecule has 4 aliphatic rings. The van der Waals surface area contributed by atoms with Crippen LogP contribution in [0.1, 0.15) is 31.4 Å². The van der Waals surface area contributed by atoms with Crippen LogP contribution in [0.15, 0.2) is 18.2 Å². The molecule has 5 rings (SSSR count). The van der Waals surface area contributed by atoms with Crippen molar-refractivity contribution in [3.8, 4) is 0 Å². The molecule has 4 heterocycles. The Morgan fingerprint density at radius 2 is 2.19 bits per heavy atom. The van der Waals surface area contributed by atoms with Crippen LogP contribution in [0, 0.1) is 24.7 Å². The zero-order chi connectivity index (χ0) is 17.9. The summed E-state index contributed by atoms with van der Waals surface area (Å²) in [5.74, 6) is 2.33. The number of ether oxygens (including phenoxy) is 1. The Bertz CT molecular complexity index is 810. The molecule has 0 unspecified atom stereocenters. The SMILES string of the molecule is Cc1cccc(N2C[C@@H]3[C@H](CNS(=O)(=O)CC4CC4)[C@H]4CC[C@]3(C2)O4)n1. The number of sulfonamides is 1. The van der Waals surface area contributed by atoms with Gasteiger partial charge in [0.2, 0.25) is 10.0 Å². The highest BCUT2D eigenvalue weighted by atomic mass is 32.2. The monoisotopic (exact) mass is 377 g/mol. The number of pyridine rings is 1. The molecule has 1 aromatic heterocycles. The van der Waals surface area contributed by atoms with Gasteiger partial charge in [0.15, 0.2) is 0 Å². The van der Waals surface area contributed by atoms with E-state index in [-0.39, 0.29) is 17.6 Å². The van der Waals surface area contributed by atoms with Crippen molar-refractivity contribution >= 4 is 15.8 Å². The van der Waals surface area contributed by atoms with Crippen molar-refractivity contribution in [2.75, 3.05) is 30.3 Å². The van der Waals surface area contributed by atoms with Crippen LogP contribution in [0.25, 0.3) is 0 Å². The predicted molar refractivity (Wildman–Crippen MR) is 99.5 cm³/mol. The fourth-order valence-corrected chi connectivity index (χ4v) is 6.74. The lowest BCUT2D eigenvalue weighted by Gasteiger charge is -2.29. The summed E-state index contributed by atoms with van der Waals surface area (Å²) < 4.78 is 33.9. The van der Waals surface area contributed by atoms with Crippen molar-refractivity contribution in [1.82, 2.24) is 9.71 Å². The molecule has 0 aromatic carbocycles. The highest BCUT2D eigenvalue weighted by molar-refractivity contribution is 7.89. The molecule has 4 atom stereocenters. The van der Waals surface area contributed by atoms with Crippen LogP contribution in [-0.2, 0) is 14.8 Å². The van der Waals surface area contributed by atoms with Crippen molar-refractivity contribution < 1.29 is 13.2 Å². The summed E-state index contributed by atoms with van der Waals surface area (Å²) in [4.78, 5) is 6.99. The first-order valence-corrected chi connectivity index (χ1v) is 11.4. The molecule has 4 fully saturated rings.